The van der Waals surface area contributed by atoms with Crippen LogP contribution < -0.4 is 5.32 Å². The van der Waals surface area contributed by atoms with Crippen molar-refractivity contribution in [1.29, 1.82) is 0 Å². The second-order valence-corrected chi connectivity index (χ2v) is 6.95. The first-order chi connectivity index (χ1) is 8.66. The van der Waals surface area contributed by atoms with E-state index in [0.29, 0.717) is 25.3 Å². The van der Waals surface area contributed by atoms with Crippen LogP contribution in [0.5, 0.6) is 0 Å². The Hall–Kier alpha value is -0.250. The maximum Gasteiger partial charge on any atom is 0.404 e. The van der Waals surface area contributed by atoms with Crippen LogP contribution in [0.1, 0.15) is 59.8 Å². The summed E-state index contributed by atoms with van der Waals surface area (Å²) < 4.78 is 39.3. The summed E-state index contributed by atoms with van der Waals surface area (Å²) in [5.74, 6) is 0.314. The smallest absolute Gasteiger partial charge is 0.306 e. The average molecular weight is 279 g/mol. The van der Waals surface area contributed by atoms with Gasteiger partial charge >= 0.3 is 6.18 Å². The molecule has 0 amide bonds. The third-order valence-corrected chi connectivity index (χ3v) is 4.43. The zero-order chi connectivity index (χ0) is 14.7. The molecule has 1 unspecified atom stereocenters. The molecule has 0 radical (unpaired) electrons. The topological polar surface area (TPSA) is 12.0 Å². The molecule has 1 fully saturated rings. The molecule has 0 aliphatic heterocycles. The monoisotopic (exact) mass is 279 g/mol. The molecule has 114 valence electrons. The molecule has 1 atom stereocenters. The Kier molecular flexibility index (Phi) is 5.72. The third-order valence-electron chi connectivity index (χ3n) is 4.43. The Morgan fingerprint density at radius 3 is 1.95 bits per heavy atom. The lowest BCUT2D eigenvalue weighted by Gasteiger charge is -2.40. The number of hydrogen-bond acceptors (Lipinski definition) is 1. The molecule has 0 saturated heterocycles. The molecule has 19 heavy (non-hydrogen) atoms. The van der Waals surface area contributed by atoms with Crippen LogP contribution in [0.15, 0.2) is 0 Å². The van der Waals surface area contributed by atoms with Crippen molar-refractivity contribution in [2.24, 2.45) is 17.3 Å². The van der Waals surface area contributed by atoms with Crippen LogP contribution in [0.2, 0.25) is 0 Å². The summed E-state index contributed by atoms with van der Waals surface area (Å²) in [6.07, 6.45) is -0.132. The van der Waals surface area contributed by atoms with Crippen LogP contribution in [-0.2, 0) is 0 Å². The van der Waals surface area contributed by atoms with Gasteiger partial charge in [0.05, 0.1) is 0 Å². The minimum Gasteiger partial charge on any atom is -0.306 e. The van der Waals surface area contributed by atoms with E-state index in [-0.39, 0.29) is 11.3 Å². The van der Waals surface area contributed by atoms with E-state index in [1.807, 2.05) is 6.92 Å². The van der Waals surface area contributed by atoms with Gasteiger partial charge in [0.2, 0.25) is 0 Å². The molecule has 0 aromatic heterocycles. The van der Waals surface area contributed by atoms with Gasteiger partial charge in [0.25, 0.3) is 0 Å². The van der Waals surface area contributed by atoms with Gasteiger partial charge in [-0.3, -0.25) is 0 Å². The SMILES string of the molecule is CCCNC(C1CCC(C(C)(C)C)CC1)C(F)(F)F. The minimum absolute atomic E-state index is 0.218. The lowest BCUT2D eigenvalue weighted by atomic mass is 9.68. The van der Waals surface area contributed by atoms with Crippen LogP contribution in [0.4, 0.5) is 13.2 Å². The standard InChI is InChI=1S/C15H28F3N/c1-5-10-19-13(15(16,17)18)11-6-8-12(9-7-11)14(2,3)4/h11-13,19H,5-10H2,1-4H3. The van der Waals surface area contributed by atoms with Crippen LogP contribution in [0.3, 0.4) is 0 Å². The van der Waals surface area contributed by atoms with Crippen molar-refractivity contribution >= 4 is 0 Å². The summed E-state index contributed by atoms with van der Waals surface area (Å²) in [4.78, 5) is 0. The molecule has 0 aromatic carbocycles. The molecule has 0 aromatic rings. The average Bonchev–Trinajstić information content (AvgIpc) is 2.27. The van der Waals surface area contributed by atoms with Crippen molar-refractivity contribution in [3.05, 3.63) is 0 Å². The fourth-order valence-electron chi connectivity index (χ4n) is 3.17. The third kappa shape index (κ3) is 4.97. The largest absolute Gasteiger partial charge is 0.404 e. The van der Waals surface area contributed by atoms with Gasteiger partial charge in [-0.2, -0.15) is 13.2 Å². The van der Waals surface area contributed by atoms with E-state index in [4.69, 9.17) is 0 Å². The Balaban J connectivity index is 2.59. The number of halogens is 3. The van der Waals surface area contributed by atoms with Crippen molar-refractivity contribution in [2.45, 2.75) is 72.0 Å². The lowest BCUT2D eigenvalue weighted by molar-refractivity contribution is -0.171. The van der Waals surface area contributed by atoms with Gasteiger partial charge in [0.1, 0.15) is 6.04 Å². The van der Waals surface area contributed by atoms with E-state index in [2.05, 4.69) is 26.1 Å². The predicted octanol–water partition coefficient (Wildman–Crippen LogP) is 4.77. The summed E-state index contributed by atoms with van der Waals surface area (Å²) in [6, 6.07) is -1.31. The van der Waals surface area contributed by atoms with Crippen molar-refractivity contribution < 1.29 is 13.2 Å². The number of alkyl halides is 3. The lowest BCUT2D eigenvalue weighted by Crippen LogP contribution is -2.49. The fraction of sp³-hybridized carbons (Fsp3) is 1.00. The molecule has 4 heteroatoms. The molecule has 1 aliphatic rings. The van der Waals surface area contributed by atoms with E-state index < -0.39 is 12.2 Å². The molecule has 1 N–H and O–H groups in total. The van der Waals surface area contributed by atoms with Crippen molar-refractivity contribution in [3.8, 4) is 0 Å². The summed E-state index contributed by atoms with van der Waals surface area (Å²) in [5.41, 5.74) is 0.218. The van der Waals surface area contributed by atoms with Crippen molar-refractivity contribution in [1.82, 2.24) is 5.32 Å². The minimum atomic E-state index is -4.12. The Bertz CT molecular complexity index is 260. The quantitative estimate of drug-likeness (QED) is 0.781. The van der Waals surface area contributed by atoms with Gasteiger partial charge in [0, 0.05) is 0 Å². The van der Waals surface area contributed by atoms with Crippen LogP contribution >= 0.6 is 0 Å². The molecule has 0 heterocycles. The molecular formula is C15H28F3N. The van der Waals surface area contributed by atoms with E-state index >= 15 is 0 Å². The van der Waals surface area contributed by atoms with Crippen LogP contribution in [0, 0.1) is 17.3 Å². The highest BCUT2D eigenvalue weighted by Crippen LogP contribution is 2.42. The first-order valence-corrected chi connectivity index (χ1v) is 7.46. The molecule has 0 spiro atoms. The molecule has 1 rings (SSSR count). The van der Waals surface area contributed by atoms with Gasteiger partial charge < -0.3 is 5.32 Å². The zero-order valence-electron chi connectivity index (χ0n) is 12.6. The van der Waals surface area contributed by atoms with Gasteiger partial charge in [0.15, 0.2) is 0 Å². The number of rotatable bonds is 4. The summed E-state index contributed by atoms with van der Waals surface area (Å²) in [7, 11) is 0. The van der Waals surface area contributed by atoms with Gasteiger partial charge in [-0.1, -0.05) is 27.7 Å². The second-order valence-electron chi connectivity index (χ2n) is 6.95. The summed E-state index contributed by atoms with van der Waals surface area (Å²) >= 11 is 0. The second kappa shape index (κ2) is 6.47. The highest BCUT2D eigenvalue weighted by atomic mass is 19.4. The highest BCUT2D eigenvalue weighted by Gasteiger charge is 2.45. The van der Waals surface area contributed by atoms with E-state index in [0.717, 1.165) is 19.3 Å². The number of nitrogens with one attached hydrogen (secondary N) is 1. The van der Waals surface area contributed by atoms with E-state index in [1.165, 1.54) is 0 Å². The Morgan fingerprint density at radius 2 is 1.58 bits per heavy atom. The van der Waals surface area contributed by atoms with Crippen LogP contribution in [0.25, 0.3) is 0 Å². The Morgan fingerprint density at radius 1 is 1.05 bits per heavy atom. The fourth-order valence-corrected chi connectivity index (χ4v) is 3.17. The first kappa shape index (κ1) is 16.8. The van der Waals surface area contributed by atoms with Gasteiger partial charge in [-0.05, 0) is 55.9 Å². The first-order valence-electron chi connectivity index (χ1n) is 7.46. The van der Waals surface area contributed by atoms with Gasteiger partial charge in [-0.15, -0.1) is 0 Å². The summed E-state index contributed by atoms with van der Waals surface area (Å²) in [6.45, 7) is 8.91. The van der Waals surface area contributed by atoms with E-state index in [1.54, 1.807) is 0 Å². The molecule has 0 bridgehead atoms. The van der Waals surface area contributed by atoms with Crippen LogP contribution in [-0.4, -0.2) is 18.8 Å². The van der Waals surface area contributed by atoms with Gasteiger partial charge in [-0.25, -0.2) is 0 Å². The summed E-state index contributed by atoms with van der Waals surface area (Å²) in [5, 5.41) is 2.71. The maximum atomic E-state index is 13.1. The molecule has 1 nitrogen and oxygen atoms in total. The Labute approximate surface area is 115 Å². The van der Waals surface area contributed by atoms with Crippen molar-refractivity contribution in [2.75, 3.05) is 6.54 Å². The van der Waals surface area contributed by atoms with E-state index in [9.17, 15) is 13.2 Å². The maximum absolute atomic E-state index is 13.1. The molecule has 1 saturated carbocycles. The predicted molar refractivity (Wildman–Crippen MR) is 73.0 cm³/mol. The highest BCUT2D eigenvalue weighted by molar-refractivity contribution is 4.89. The normalized spacial score (nSPS) is 27.3. The molecule has 1 aliphatic carbocycles. The molecular weight excluding hydrogens is 251 g/mol. The van der Waals surface area contributed by atoms with Crippen molar-refractivity contribution in [3.63, 3.8) is 0 Å². The zero-order valence-corrected chi connectivity index (χ0v) is 12.6. The number of hydrogen-bond donors (Lipinski definition) is 1.